The summed E-state index contributed by atoms with van der Waals surface area (Å²) < 4.78 is 12.3. The van der Waals surface area contributed by atoms with Crippen molar-refractivity contribution >= 4 is 32.8 Å². The van der Waals surface area contributed by atoms with Crippen LogP contribution >= 0.6 is 15.9 Å². The van der Waals surface area contributed by atoms with Gasteiger partial charge in [0.25, 0.3) is 0 Å². The minimum absolute atomic E-state index is 0.0852. The Balaban J connectivity index is 1.52. The highest BCUT2D eigenvalue weighted by atomic mass is 79.9. The average Bonchev–Trinajstić information content (AvgIpc) is 2.91. The van der Waals surface area contributed by atoms with Crippen LogP contribution in [-0.2, 0) is 16.0 Å². The van der Waals surface area contributed by atoms with Gasteiger partial charge in [-0.2, -0.15) is 0 Å². The molecule has 2 aliphatic heterocycles. The van der Waals surface area contributed by atoms with Gasteiger partial charge in [0.2, 0.25) is 0 Å². The predicted molar refractivity (Wildman–Crippen MR) is 82.3 cm³/mol. The van der Waals surface area contributed by atoms with E-state index in [1.807, 2.05) is 12.1 Å². The Morgan fingerprint density at radius 2 is 2.20 bits per heavy atom. The molecule has 1 fully saturated rings. The summed E-state index contributed by atoms with van der Waals surface area (Å²) in [5, 5.41) is 4.15. The van der Waals surface area contributed by atoms with Crippen LogP contribution in [0.25, 0.3) is 0 Å². The maximum absolute atomic E-state index is 11.3. The third-order valence-electron chi connectivity index (χ3n) is 3.49. The fraction of sp³-hybridized carbons (Fsp3) is 0.538. The predicted octanol–water partition coefficient (Wildman–Crippen LogP) is 1.40. The monoisotopic (exact) mass is 357 g/mol. The summed E-state index contributed by atoms with van der Waals surface area (Å²) >= 11 is 2.74. The molecule has 108 valence electrons. The molecule has 7 heteroatoms. The van der Waals surface area contributed by atoms with Gasteiger partial charge in [-0.1, -0.05) is 16.3 Å². The molecule has 3 heterocycles. The summed E-state index contributed by atoms with van der Waals surface area (Å²) in [7, 11) is 0. The lowest BCUT2D eigenvalue weighted by molar-refractivity contribution is 0.0549. The van der Waals surface area contributed by atoms with Crippen molar-refractivity contribution in [2.75, 3.05) is 31.1 Å². The van der Waals surface area contributed by atoms with E-state index in [9.17, 15) is 4.55 Å². The Hall–Kier alpha value is -0.630. The second-order valence-electron chi connectivity index (χ2n) is 4.98. The van der Waals surface area contributed by atoms with Gasteiger partial charge in [-0.25, -0.2) is 0 Å². The zero-order valence-corrected chi connectivity index (χ0v) is 13.4. The standard InChI is InChI=1S/C13H16BrN3O2S/c14-10-1-2-12(15-8-10)13-7-11(19-16-13)9-17-3-5-20(18)6-4-17/h1-2,8,11H,3-7,9H2/t11-/m0/s1. The van der Waals surface area contributed by atoms with Crippen molar-refractivity contribution in [1.29, 1.82) is 0 Å². The van der Waals surface area contributed by atoms with Gasteiger partial charge < -0.3 is 9.39 Å². The minimum atomic E-state index is -0.629. The quantitative estimate of drug-likeness (QED) is 0.767. The van der Waals surface area contributed by atoms with E-state index in [4.69, 9.17) is 4.84 Å². The molecule has 2 aliphatic rings. The SMILES string of the molecule is [O-][S+]1CCN(C[C@@H]2CC(c3ccc(Br)cn3)=NO2)CC1. The Morgan fingerprint density at radius 3 is 2.90 bits per heavy atom. The molecule has 1 aromatic rings. The first-order valence-corrected chi connectivity index (χ1v) is 8.91. The largest absolute Gasteiger partial charge is 0.616 e. The Morgan fingerprint density at radius 1 is 1.40 bits per heavy atom. The topological polar surface area (TPSA) is 60.8 Å². The Labute approximate surface area is 129 Å². The molecule has 0 aromatic carbocycles. The smallest absolute Gasteiger partial charge is 0.145 e. The first kappa shape index (κ1) is 14.3. The molecule has 0 aliphatic carbocycles. The zero-order chi connectivity index (χ0) is 13.9. The highest BCUT2D eigenvalue weighted by Gasteiger charge is 2.27. The van der Waals surface area contributed by atoms with Crippen LogP contribution in [0.15, 0.2) is 28.0 Å². The average molecular weight is 358 g/mol. The van der Waals surface area contributed by atoms with E-state index in [1.54, 1.807) is 6.20 Å². The van der Waals surface area contributed by atoms with Crippen LogP contribution in [0.4, 0.5) is 0 Å². The molecule has 1 saturated heterocycles. The molecule has 0 amide bonds. The molecule has 0 unspecified atom stereocenters. The van der Waals surface area contributed by atoms with Gasteiger partial charge in [-0.15, -0.1) is 0 Å². The maximum atomic E-state index is 11.3. The van der Waals surface area contributed by atoms with Crippen LogP contribution < -0.4 is 0 Å². The van der Waals surface area contributed by atoms with Gasteiger partial charge in [0.1, 0.15) is 23.3 Å². The van der Waals surface area contributed by atoms with Crippen molar-refractivity contribution in [1.82, 2.24) is 9.88 Å². The summed E-state index contributed by atoms with van der Waals surface area (Å²) in [6, 6.07) is 3.90. The molecule has 20 heavy (non-hydrogen) atoms. The number of hydrogen-bond donors (Lipinski definition) is 0. The van der Waals surface area contributed by atoms with Crippen molar-refractivity contribution in [3.8, 4) is 0 Å². The number of pyridine rings is 1. The first-order valence-electron chi connectivity index (χ1n) is 6.62. The molecule has 3 rings (SSSR count). The van der Waals surface area contributed by atoms with Gasteiger partial charge in [0.15, 0.2) is 0 Å². The van der Waals surface area contributed by atoms with E-state index in [0.717, 1.165) is 53.4 Å². The van der Waals surface area contributed by atoms with Crippen molar-refractivity contribution in [2.24, 2.45) is 5.16 Å². The summed E-state index contributed by atoms with van der Waals surface area (Å²) in [5.74, 6) is 1.55. The van der Waals surface area contributed by atoms with Crippen LogP contribution in [0, 0.1) is 0 Å². The van der Waals surface area contributed by atoms with Crippen LogP contribution in [0.5, 0.6) is 0 Å². The number of halogens is 1. The zero-order valence-electron chi connectivity index (χ0n) is 11.0. The van der Waals surface area contributed by atoms with Gasteiger partial charge in [-0.05, 0) is 28.1 Å². The van der Waals surface area contributed by atoms with E-state index in [-0.39, 0.29) is 6.10 Å². The molecule has 0 bridgehead atoms. The Kier molecular flexibility index (Phi) is 4.60. The van der Waals surface area contributed by atoms with Crippen molar-refractivity contribution in [3.05, 3.63) is 28.5 Å². The van der Waals surface area contributed by atoms with Crippen molar-refractivity contribution in [3.63, 3.8) is 0 Å². The molecule has 1 aromatic heterocycles. The van der Waals surface area contributed by atoms with Gasteiger partial charge in [0.05, 0.1) is 5.69 Å². The molecular formula is C13H16BrN3O2S. The third kappa shape index (κ3) is 3.52. The van der Waals surface area contributed by atoms with E-state index < -0.39 is 11.2 Å². The summed E-state index contributed by atoms with van der Waals surface area (Å²) in [6.45, 7) is 2.62. The van der Waals surface area contributed by atoms with E-state index in [2.05, 4.69) is 31.0 Å². The first-order chi connectivity index (χ1) is 9.70. The second kappa shape index (κ2) is 6.43. The van der Waals surface area contributed by atoms with E-state index >= 15 is 0 Å². The highest BCUT2D eigenvalue weighted by molar-refractivity contribution is 9.10. The van der Waals surface area contributed by atoms with Gasteiger partial charge >= 0.3 is 0 Å². The molecule has 1 atom stereocenters. The summed E-state index contributed by atoms with van der Waals surface area (Å²) in [5.41, 5.74) is 1.78. The summed E-state index contributed by atoms with van der Waals surface area (Å²) in [6.07, 6.45) is 2.64. The lowest BCUT2D eigenvalue weighted by Crippen LogP contribution is -2.43. The van der Waals surface area contributed by atoms with Crippen LogP contribution in [0.1, 0.15) is 12.1 Å². The molecule has 0 saturated carbocycles. The van der Waals surface area contributed by atoms with Crippen LogP contribution in [0.3, 0.4) is 0 Å². The molecule has 5 nitrogen and oxygen atoms in total. The molecule has 0 radical (unpaired) electrons. The van der Waals surface area contributed by atoms with Gasteiger partial charge in [-0.3, -0.25) is 9.88 Å². The van der Waals surface area contributed by atoms with Crippen molar-refractivity contribution in [2.45, 2.75) is 12.5 Å². The fourth-order valence-corrected chi connectivity index (χ4v) is 3.73. The fourth-order valence-electron chi connectivity index (χ4n) is 2.37. The summed E-state index contributed by atoms with van der Waals surface area (Å²) in [4.78, 5) is 12.1. The number of rotatable bonds is 3. The van der Waals surface area contributed by atoms with Crippen LogP contribution in [-0.4, -0.2) is 57.4 Å². The lowest BCUT2D eigenvalue weighted by Gasteiger charge is -2.29. The van der Waals surface area contributed by atoms with Crippen molar-refractivity contribution < 1.29 is 9.39 Å². The number of nitrogens with zero attached hydrogens (tertiary/aromatic N) is 3. The van der Waals surface area contributed by atoms with Crippen LogP contribution in [0.2, 0.25) is 0 Å². The molecular weight excluding hydrogens is 342 g/mol. The van der Waals surface area contributed by atoms with E-state index in [1.165, 1.54) is 0 Å². The minimum Gasteiger partial charge on any atom is -0.616 e. The lowest BCUT2D eigenvalue weighted by atomic mass is 10.1. The second-order valence-corrected chi connectivity index (χ2v) is 7.59. The molecule has 0 N–H and O–H groups in total. The van der Waals surface area contributed by atoms with Gasteiger partial charge in [0, 0.05) is 36.7 Å². The number of hydrogen-bond acceptors (Lipinski definition) is 5. The number of aromatic nitrogens is 1. The maximum Gasteiger partial charge on any atom is 0.145 e. The Bertz CT molecular complexity index is 489. The third-order valence-corrected chi connectivity index (χ3v) is 5.23. The normalized spacial score (nSPS) is 24.5. The highest BCUT2D eigenvalue weighted by Crippen LogP contribution is 2.18. The molecule has 0 spiro atoms. The number of oxime groups is 1. The van der Waals surface area contributed by atoms with E-state index in [0.29, 0.717) is 0 Å².